The second-order valence-electron chi connectivity index (χ2n) is 8.50. The molecule has 3 rings (SSSR count). The number of methoxy groups -OCH3 is 1. The van der Waals surface area contributed by atoms with Crippen LogP contribution >= 0.6 is 0 Å². The van der Waals surface area contributed by atoms with Crippen molar-refractivity contribution in [2.24, 2.45) is 11.8 Å². The van der Waals surface area contributed by atoms with Crippen LogP contribution in [0.2, 0.25) is 0 Å². The van der Waals surface area contributed by atoms with E-state index < -0.39 is 23.8 Å². The first kappa shape index (κ1) is 24.6. The van der Waals surface area contributed by atoms with Crippen molar-refractivity contribution in [2.75, 3.05) is 20.3 Å². The van der Waals surface area contributed by atoms with Crippen molar-refractivity contribution in [3.8, 4) is 5.75 Å². The molecule has 0 fully saturated rings. The number of nitrogens with one attached hydrogen (secondary N) is 1. The second kappa shape index (κ2) is 10.7. The fourth-order valence-electron chi connectivity index (χ4n) is 4.65. The molecule has 2 aliphatic rings. The molecule has 0 radical (unpaired) electrons. The Balaban J connectivity index is 2.18. The van der Waals surface area contributed by atoms with E-state index in [1.807, 2.05) is 38.1 Å². The Labute approximate surface area is 195 Å². The van der Waals surface area contributed by atoms with Crippen LogP contribution < -0.4 is 10.1 Å². The minimum absolute atomic E-state index is 0.207. The predicted molar refractivity (Wildman–Crippen MR) is 123 cm³/mol. The van der Waals surface area contributed by atoms with Crippen molar-refractivity contribution in [1.29, 1.82) is 0 Å². The van der Waals surface area contributed by atoms with Crippen LogP contribution in [0.15, 0.2) is 46.8 Å². The number of dihydropyridines is 1. The highest BCUT2D eigenvalue weighted by atomic mass is 16.5. The van der Waals surface area contributed by atoms with Crippen molar-refractivity contribution in [1.82, 2.24) is 5.32 Å². The molecule has 3 atom stereocenters. The number of carbonyl (C=O) groups excluding carboxylic acids is 3. The number of allylic oxidation sites excluding steroid dienone is 3. The zero-order valence-corrected chi connectivity index (χ0v) is 20.0. The summed E-state index contributed by atoms with van der Waals surface area (Å²) in [6.07, 6.45) is 2.35. The van der Waals surface area contributed by atoms with Crippen LogP contribution in [-0.4, -0.2) is 38.0 Å². The molecule has 0 saturated carbocycles. The molecule has 0 bridgehead atoms. The van der Waals surface area contributed by atoms with Gasteiger partial charge < -0.3 is 19.5 Å². The van der Waals surface area contributed by atoms with Gasteiger partial charge in [-0.2, -0.15) is 0 Å². The molecule has 1 heterocycles. The average Bonchev–Trinajstić information content (AvgIpc) is 2.78. The van der Waals surface area contributed by atoms with Crippen LogP contribution in [0.5, 0.6) is 5.75 Å². The highest BCUT2D eigenvalue weighted by Gasteiger charge is 2.47. The van der Waals surface area contributed by atoms with Gasteiger partial charge in [0.1, 0.15) is 11.7 Å². The highest BCUT2D eigenvalue weighted by molar-refractivity contribution is 6.12. The smallest absolute Gasteiger partial charge is 0.336 e. The van der Waals surface area contributed by atoms with E-state index in [9.17, 15) is 14.4 Å². The second-order valence-corrected chi connectivity index (χ2v) is 8.50. The van der Waals surface area contributed by atoms with E-state index >= 15 is 0 Å². The molecular formula is C26H33NO6. The summed E-state index contributed by atoms with van der Waals surface area (Å²) in [4.78, 5) is 39.4. The number of hydrogen-bond donors (Lipinski definition) is 1. The van der Waals surface area contributed by atoms with E-state index in [0.717, 1.165) is 18.5 Å². The number of hydrogen-bond acceptors (Lipinski definition) is 7. The van der Waals surface area contributed by atoms with Gasteiger partial charge >= 0.3 is 11.9 Å². The number of para-hydroxylation sites is 1. The van der Waals surface area contributed by atoms with E-state index in [1.165, 1.54) is 7.11 Å². The van der Waals surface area contributed by atoms with E-state index in [-0.39, 0.29) is 18.3 Å². The van der Waals surface area contributed by atoms with Crippen molar-refractivity contribution >= 4 is 17.7 Å². The standard InChI is InChI=1S/C26H33NO6/c1-6-8-13-33-19-12-10-9-11-17(19)22-21(26(30)32-7-2)16(4)27-18-14-15(3)20(25(29)31-5)24(28)23(18)22/h9-12,15,20,22,27H,6-8,13-14H2,1-5H3/t15-,20-,22-/m1/s1. The van der Waals surface area contributed by atoms with Gasteiger partial charge in [-0.25, -0.2) is 4.79 Å². The molecule has 0 saturated heterocycles. The molecule has 178 valence electrons. The average molecular weight is 456 g/mol. The van der Waals surface area contributed by atoms with E-state index in [0.29, 0.717) is 41.2 Å². The third-order valence-electron chi connectivity index (χ3n) is 6.22. The highest BCUT2D eigenvalue weighted by Crippen LogP contribution is 2.47. The van der Waals surface area contributed by atoms with Gasteiger partial charge in [0, 0.05) is 22.5 Å². The van der Waals surface area contributed by atoms with Crippen LogP contribution in [0.3, 0.4) is 0 Å². The van der Waals surface area contributed by atoms with E-state index in [4.69, 9.17) is 14.2 Å². The molecule has 0 unspecified atom stereocenters. The number of unbranched alkanes of at least 4 members (excludes halogenated alkanes) is 1. The lowest BCUT2D eigenvalue weighted by Crippen LogP contribution is -2.43. The third-order valence-corrected chi connectivity index (χ3v) is 6.22. The lowest BCUT2D eigenvalue weighted by atomic mass is 9.69. The normalized spacial score (nSPS) is 22.5. The van der Waals surface area contributed by atoms with Crippen LogP contribution in [-0.2, 0) is 23.9 Å². The van der Waals surface area contributed by atoms with Crippen LogP contribution in [0.4, 0.5) is 0 Å². The molecule has 0 spiro atoms. The van der Waals surface area contributed by atoms with E-state index in [1.54, 1.807) is 6.92 Å². The predicted octanol–water partition coefficient (Wildman–Crippen LogP) is 4.04. The lowest BCUT2D eigenvalue weighted by Gasteiger charge is -2.38. The lowest BCUT2D eigenvalue weighted by molar-refractivity contribution is -0.151. The maximum absolute atomic E-state index is 13.7. The minimum atomic E-state index is -0.923. The summed E-state index contributed by atoms with van der Waals surface area (Å²) in [5.74, 6) is -2.63. The third kappa shape index (κ3) is 4.82. The summed E-state index contributed by atoms with van der Waals surface area (Å²) in [6.45, 7) is 8.23. The molecule has 0 aromatic heterocycles. The van der Waals surface area contributed by atoms with Crippen LogP contribution in [0.1, 0.15) is 58.4 Å². The molecule has 1 aromatic rings. The fraction of sp³-hybridized carbons (Fsp3) is 0.500. The Kier molecular flexibility index (Phi) is 7.95. The summed E-state index contributed by atoms with van der Waals surface area (Å²) in [6, 6.07) is 7.44. The topological polar surface area (TPSA) is 90.9 Å². The first-order valence-corrected chi connectivity index (χ1v) is 11.6. The van der Waals surface area contributed by atoms with Crippen molar-refractivity contribution < 1.29 is 28.6 Å². The Bertz CT molecular complexity index is 992. The van der Waals surface area contributed by atoms with Gasteiger partial charge in [0.25, 0.3) is 0 Å². The fourth-order valence-corrected chi connectivity index (χ4v) is 4.65. The maximum Gasteiger partial charge on any atom is 0.336 e. The first-order valence-electron chi connectivity index (χ1n) is 11.6. The molecule has 1 aliphatic heterocycles. The number of carbonyl (C=O) groups is 3. The zero-order valence-electron chi connectivity index (χ0n) is 20.0. The Morgan fingerprint density at radius 2 is 1.91 bits per heavy atom. The Morgan fingerprint density at radius 1 is 1.18 bits per heavy atom. The van der Waals surface area contributed by atoms with Gasteiger partial charge in [0.2, 0.25) is 0 Å². The minimum Gasteiger partial charge on any atom is -0.493 e. The molecule has 7 nitrogen and oxygen atoms in total. The number of Topliss-reactive ketones (excluding diaryl/α,β-unsaturated/α-hetero) is 1. The SMILES string of the molecule is CCCCOc1ccccc1[C@@H]1C(C(=O)OCC)=C(C)NC2=C1C(=O)[C@H](C(=O)OC)[C@H](C)C2. The quantitative estimate of drug-likeness (QED) is 0.359. The molecule has 0 amide bonds. The monoisotopic (exact) mass is 455 g/mol. The Morgan fingerprint density at radius 3 is 2.58 bits per heavy atom. The first-order chi connectivity index (χ1) is 15.8. The summed E-state index contributed by atoms with van der Waals surface area (Å²) < 4.78 is 16.4. The van der Waals surface area contributed by atoms with Gasteiger partial charge in [-0.15, -0.1) is 0 Å². The maximum atomic E-state index is 13.7. The largest absolute Gasteiger partial charge is 0.493 e. The molecule has 7 heteroatoms. The molecule has 1 N–H and O–H groups in total. The molecule has 1 aromatic carbocycles. The van der Waals surface area contributed by atoms with Crippen molar-refractivity contribution in [2.45, 2.75) is 52.9 Å². The van der Waals surface area contributed by atoms with E-state index in [2.05, 4.69) is 12.2 Å². The molecular weight excluding hydrogens is 422 g/mol. The molecule has 33 heavy (non-hydrogen) atoms. The van der Waals surface area contributed by atoms with Crippen molar-refractivity contribution in [3.05, 3.63) is 52.4 Å². The van der Waals surface area contributed by atoms with Gasteiger partial charge in [-0.3, -0.25) is 9.59 Å². The van der Waals surface area contributed by atoms with Gasteiger partial charge in [0.05, 0.1) is 31.8 Å². The number of ketones is 1. The van der Waals surface area contributed by atoms with Gasteiger partial charge in [-0.1, -0.05) is 38.5 Å². The van der Waals surface area contributed by atoms with Gasteiger partial charge in [0.15, 0.2) is 5.78 Å². The summed E-state index contributed by atoms with van der Waals surface area (Å²) in [5, 5.41) is 3.26. The number of esters is 2. The number of benzene rings is 1. The molecule has 1 aliphatic carbocycles. The number of ether oxygens (including phenoxy) is 3. The van der Waals surface area contributed by atoms with Crippen molar-refractivity contribution in [3.63, 3.8) is 0 Å². The zero-order chi connectivity index (χ0) is 24.1. The number of rotatable bonds is 8. The van der Waals surface area contributed by atoms with Gasteiger partial charge in [-0.05, 0) is 38.7 Å². The summed E-state index contributed by atoms with van der Waals surface area (Å²) in [5.41, 5.74) is 2.83. The summed E-state index contributed by atoms with van der Waals surface area (Å²) >= 11 is 0. The Hall–Kier alpha value is -3.09. The summed E-state index contributed by atoms with van der Waals surface area (Å²) in [7, 11) is 1.29. The van der Waals surface area contributed by atoms with Crippen LogP contribution in [0.25, 0.3) is 0 Å². The van der Waals surface area contributed by atoms with Crippen LogP contribution in [0, 0.1) is 11.8 Å².